The zero-order valence-corrected chi connectivity index (χ0v) is 18.9. The van der Waals surface area contributed by atoms with Gasteiger partial charge in [0.1, 0.15) is 0 Å². The zero-order valence-electron chi connectivity index (χ0n) is 18.9. The highest BCUT2D eigenvalue weighted by Crippen LogP contribution is 2.28. The Labute approximate surface area is 194 Å². The van der Waals surface area contributed by atoms with E-state index in [1.54, 1.807) is 6.20 Å². The molecule has 6 nitrogen and oxygen atoms in total. The molecule has 0 unspecified atom stereocenters. The number of amides is 1. The third-order valence-corrected chi connectivity index (χ3v) is 6.41. The lowest BCUT2D eigenvalue weighted by atomic mass is 9.96. The lowest BCUT2D eigenvalue weighted by Gasteiger charge is -2.32. The minimum Gasteiger partial charge on any atom is -0.350 e. The van der Waals surface area contributed by atoms with E-state index in [-0.39, 0.29) is 11.8 Å². The maximum Gasteiger partial charge on any atom is 0.223 e. The van der Waals surface area contributed by atoms with Crippen molar-refractivity contribution in [1.29, 1.82) is 0 Å². The summed E-state index contributed by atoms with van der Waals surface area (Å²) in [6.07, 6.45) is 3.40. The molecule has 6 heteroatoms. The number of imidazole rings is 1. The molecule has 1 saturated heterocycles. The van der Waals surface area contributed by atoms with Gasteiger partial charge in [-0.2, -0.15) is 0 Å². The van der Waals surface area contributed by atoms with E-state index in [4.69, 9.17) is 4.98 Å². The van der Waals surface area contributed by atoms with E-state index in [0.717, 1.165) is 55.2 Å². The normalized spacial score (nSPS) is 14.5. The number of benzene rings is 2. The molecule has 1 amide bonds. The van der Waals surface area contributed by atoms with Gasteiger partial charge in [-0.1, -0.05) is 48.0 Å². The van der Waals surface area contributed by atoms with Crippen LogP contribution in [0, 0.1) is 12.8 Å². The average Bonchev–Trinajstić information content (AvgIpc) is 3.23. The van der Waals surface area contributed by atoms with Crippen molar-refractivity contribution >= 4 is 22.9 Å². The number of nitrogens with zero attached hydrogens (tertiary/aromatic N) is 4. The number of fused-ring (bicyclic) bond motifs is 1. The number of carbonyl (C=O) groups is 1. The summed E-state index contributed by atoms with van der Waals surface area (Å²) in [6, 6.07) is 22.7. The van der Waals surface area contributed by atoms with Crippen molar-refractivity contribution in [1.82, 2.24) is 19.9 Å². The number of aryl methyl sites for hydroxylation is 1. The smallest absolute Gasteiger partial charge is 0.223 e. The number of anilines is 1. The van der Waals surface area contributed by atoms with Crippen LogP contribution in [-0.4, -0.2) is 33.5 Å². The van der Waals surface area contributed by atoms with E-state index in [9.17, 15) is 4.79 Å². The Hall–Kier alpha value is -3.67. The molecule has 33 heavy (non-hydrogen) atoms. The van der Waals surface area contributed by atoms with Crippen LogP contribution in [0.2, 0.25) is 0 Å². The number of carbonyl (C=O) groups excluding carboxylic acids is 1. The highest BCUT2D eigenvalue weighted by atomic mass is 16.1. The molecule has 0 radical (unpaired) electrons. The van der Waals surface area contributed by atoms with E-state index in [1.165, 1.54) is 11.1 Å². The molecular weight excluding hydrogens is 410 g/mol. The van der Waals surface area contributed by atoms with Gasteiger partial charge in [0.05, 0.1) is 29.8 Å². The molecule has 3 heterocycles. The van der Waals surface area contributed by atoms with Gasteiger partial charge >= 0.3 is 0 Å². The Morgan fingerprint density at radius 3 is 2.52 bits per heavy atom. The molecule has 2 aromatic heterocycles. The molecule has 0 spiro atoms. The highest BCUT2D eigenvalue weighted by Gasteiger charge is 2.27. The summed E-state index contributed by atoms with van der Waals surface area (Å²) in [5.74, 6) is 1.14. The topological polar surface area (TPSA) is 63.1 Å². The summed E-state index contributed by atoms with van der Waals surface area (Å²) in [6.45, 7) is 5.00. The van der Waals surface area contributed by atoms with Crippen LogP contribution in [0.1, 0.15) is 29.7 Å². The molecule has 1 N–H and O–H groups in total. The van der Waals surface area contributed by atoms with Gasteiger partial charge in [0.25, 0.3) is 0 Å². The standard InChI is InChI=1S/C27H29N5O/c1-20-9-11-21(12-10-20)19-32-25-8-3-2-7-24(25)30-27(32)31-16-13-22(14-17-31)26(33)29-18-23-6-4-5-15-28-23/h2-12,15,22H,13-14,16-19H2,1H3,(H,29,33). The van der Waals surface area contributed by atoms with Crippen molar-refractivity contribution in [3.05, 3.63) is 89.7 Å². The minimum atomic E-state index is 0.0277. The van der Waals surface area contributed by atoms with Crippen LogP contribution in [0.15, 0.2) is 72.9 Å². The number of rotatable bonds is 6. The summed E-state index contributed by atoms with van der Waals surface area (Å²) in [5.41, 5.74) is 5.55. The number of piperidine rings is 1. The zero-order chi connectivity index (χ0) is 22.6. The molecule has 0 bridgehead atoms. The van der Waals surface area contributed by atoms with Gasteiger partial charge in [-0.25, -0.2) is 4.98 Å². The van der Waals surface area contributed by atoms with Gasteiger partial charge in [0.2, 0.25) is 11.9 Å². The molecule has 5 rings (SSSR count). The number of hydrogen-bond acceptors (Lipinski definition) is 4. The van der Waals surface area contributed by atoms with Crippen molar-refractivity contribution in [3.63, 3.8) is 0 Å². The summed E-state index contributed by atoms with van der Waals surface area (Å²) < 4.78 is 2.31. The summed E-state index contributed by atoms with van der Waals surface area (Å²) in [7, 11) is 0. The molecule has 0 saturated carbocycles. The van der Waals surface area contributed by atoms with E-state index < -0.39 is 0 Å². The maximum absolute atomic E-state index is 12.7. The summed E-state index contributed by atoms with van der Waals surface area (Å²) in [5, 5.41) is 3.05. The molecule has 1 aliphatic rings. The summed E-state index contributed by atoms with van der Waals surface area (Å²) in [4.78, 5) is 24.3. The van der Waals surface area contributed by atoms with Crippen LogP contribution in [0.25, 0.3) is 11.0 Å². The van der Waals surface area contributed by atoms with Gasteiger partial charge in [0.15, 0.2) is 0 Å². The largest absolute Gasteiger partial charge is 0.350 e. The third kappa shape index (κ3) is 4.75. The van der Waals surface area contributed by atoms with E-state index in [2.05, 4.69) is 69.2 Å². The second-order valence-corrected chi connectivity index (χ2v) is 8.77. The Balaban J connectivity index is 1.29. The fraction of sp³-hybridized carbons (Fsp3) is 0.296. The average molecular weight is 440 g/mol. The van der Waals surface area contributed by atoms with E-state index in [1.807, 2.05) is 24.3 Å². The number of hydrogen-bond donors (Lipinski definition) is 1. The number of para-hydroxylation sites is 2. The first kappa shape index (κ1) is 21.2. The van der Waals surface area contributed by atoms with Gasteiger partial charge in [0, 0.05) is 25.2 Å². The maximum atomic E-state index is 12.7. The lowest BCUT2D eigenvalue weighted by Crippen LogP contribution is -2.41. The van der Waals surface area contributed by atoms with Crippen molar-refractivity contribution in [2.24, 2.45) is 5.92 Å². The molecule has 0 aliphatic carbocycles. The van der Waals surface area contributed by atoms with Crippen LogP contribution < -0.4 is 10.2 Å². The molecular formula is C27H29N5O. The Kier molecular flexibility index (Phi) is 6.07. The fourth-order valence-electron chi connectivity index (χ4n) is 4.50. The Morgan fingerprint density at radius 1 is 1.00 bits per heavy atom. The highest BCUT2D eigenvalue weighted by molar-refractivity contribution is 5.80. The van der Waals surface area contributed by atoms with E-state index >= 15 is 0 Å². The monoisotopic (exact) mass is 439 g/mol. The van der Waals surface area contributed by atoms with Crippen molar-refractivity contribution in [2.75, 3.05) is 18.0 Å². The van der Waals surface area contributed by atoms with Crippen molar-refractivity contribution in [2.45, 2.75) is 32.9 Å². The van der Waals surface area contributed by atoms with Crippen LogP contribution in [0.4, 0.5) is 5.95 Å². The SMILES string of the molecule is Cc1ccc(Cn2c(N3CCC(C(=O)NCc4ccccn4)CC3)nc3ccccc32)cc1. The van der Waals surface area contributed by atoms with Gasteiger partial charge in [-0.15, -0.1) is 0 Å². The quantitative estimate of drug-likeness (QED) is 0.486. The first-order chi connectivity index (χ1) is 16.2. The second kappa shape index (κ2) is 9.45. The predicted molar refractivity (Wildman–Crippen MR) is 131 cm³/mol. The first-order valence-corrected chi connectivity index (χ1v) is 11.6. The Bertz CT molecular complexity index is 1220. The minimum absolute atomic E-state index is 0.0277. The fourth-order valence-corrected chi connectivity index (χ4v) is 4.50. The lowest BCUT2D eigenvalue weighted by molar-refractivity contribution is -0.125. The van der Waals surface area contributed by atoms with Crippen molar-refractivity contribution in [3.8, 4) is 0 Å². The predicted octanol–water partition coefficient (Wildman–Crippen LogP) is 4.32. The van der Waals surface area contributed by atoms with Crippen molar-refractivity contribution < 1.29 is 4.79 Å². The molecule has 1 fully saturated rings. The van der Waals surface area contributed by atoms with Crippen LogP contribution in [-0.2, 0) is 17.9 Å². The Morgan fingerprint density at radius 2 is 1.76 bits per heavy atom. The molecule has 1 aliphatic heterocycles. The number of pyridine rings is 1. The third-order valence-electron chi connectivity index (χ3n) is 6.41. The molecule has 168 valence electrons. The molecule has 2 aromatic carbocycles. The van der Waals surface area contributed by atoms with E-state index in [0.29, 0.717) is 6.54 Å². The van der Waals surface area contributed by atoms with Gasteiger partial charge < -0.3 is 14.8 Å². The van der Waals surface area contributed by atoms with Gasteiger partial charge in [-0.3, -0.25) is 9.78 Å². The molecule has 4 aromatic rings. The first-order valence-electron chi connectivity index (χ1n) is 11.6. The van der Waals surface area contributed by atoms with Crippen LogP contribution in [0.3, 0.4) is 0 Å². The number of nitrogens with one attached hydrogen (secondary N) is 1. The van der Waals surface area contributed by atoms with Crippen LogP contribution in [0.5, 0.6) is 0 Å². The summed E-state index contributed by atoms with van der Waals surface area (Å²) >= 11 is 0. The molecule has 0 atom stereocenters. The number of aromatic nitrogens is 3. The second-order valence-electron chi connectivity index (χ2n) is 8.77. The van der Waals surface area contributed by atoms with Gasteiger partial charge in [-0.05, 0) is 49.6 Å². The van der Waals surface area contributed by atoms with Crippen LogP contribution >= 0.6 is 0 Å².